The molecule has 0 aliphatic rings. The molecule has 236 valence electrons. The van der Waals surface area contributed by atoms with Gasteiger partial charge in [-0.1, -0.05) is 145 Å². The summed E-state index contributed by atoms with van der Waals surface area (Å²) in [7, 11) is 0. The molecule has 0 unspecified atom stereocenters. The molecule has 0 saturated carbocycles. The molecule has 0 N–H and O–H groups in total. The van der Waals surface area contributed by atoms with Crippen LogP contribution in [0.5, 0.6) is 0 Å². The van der Waals surface area contributed by atoms with Crippen molar-refractivity contribution in [3.05, 3.63) is 181 Å². The second-order valence-corrected chi connectivity index (χ2v) is 11.3. The van der Waals surface area contributed by atoms with Crippen molar-refractivity contribution in [1.82, 2.24) is 0 Å². The summed E-state index contributed by atoms with van der Waals surface area (Å²) in [4.78, 5) is 0. The number of hydrogen-bond acceptors (Lipinski definition) is 1. The van der Waals surface area contributed by atoms with Crippen molar-refractivity contribution in [2.75, 3.05) is 0 Å². The molecule has 10 aromatic carbocycles. The monoisotopic (exact) mass is 676 g/mol. The first-order valence-electron chi connectivity index (χ1n) is 30.2. The maximum absolute atomic E-state index is 9.88. The van der Waals surface area contributed by atoms with Crippen LogP contribution in [0, 0.1) is 0 Å². The number of hydrogen-bond donors (Lipinski definition) is 0. The Bertz CT molecular complexity index is 4820. The van der Waals surface area contributed by atoms with Gasteiger partial charge in [0, 0.05) is 10.8 Å². The number of fused-ring (bicyclic) bond motifs is 9. The van der Waals surface area contributed by atoms with Crippen LogP contribution in [0.15, 0.2) is 186 Å². The van der Waals surface area contributed by atoms with Crippen LogP contribution < -0.4 is 0 Å². The molecular weight excluding hydrogens is 617 g/mol. The molecule has 0 amide bonds. The van der Waals surface area contributed by atoms with Gasteiger partial charge in [-0.15, -0.1) is 0 Å². The summed E-state index contributed by atoms with van der Waals surface area (Å²) in [6.45, 7) is 0. The van der Waals surface area contributed by atoms with Gasteiger partial charge in [0.1, 0.15) is 11.2 Å². The zero-order valence-electron chi connectivity index (χ0n) is 55.4. The second-order valence-electron chi connectivity index (χ2n) is 11.3. The van der Waals surface area contributed by atoms with Gasteiger partial charge in [-0.25, -0.2) is 0 Å². The van der Waals surface area contributed by atoms with E-state index in [2.05, 4.69) is 0 Å². The van der Waals surface area contributed by atoms with Gasteiger partial charge in [0.05, 0.1) is 41.1 Å². The van der Waals surface area contributed by atoms with Gasteiger partial charge in [-0.2, -0.15) is 0 Å². The summed E-state index contributed by atoms with van der Waals surface area (Å²) in [6.07, 6.45) is 0. The van der Waals surface area contributed by atoms with E-state index in [0.29, 0.717) is 0 Å². The van der Waals surface area contributed by atoms with E-state index in [-0.39, 0.29) is 0 Å². The number of furan rings is 1. The first kappa shape index (κ1) is 11.7. The SMILES string of the molecule is [2H]c1c([2H])c([2H])c(-c2c([2H])c([2H])c3c(c2[2H])c([2H])c([2H])c2c([2H])c(-c4c5c([2H])c([2H])c([2H])c([2H])c5c(-c5c([2H])c([2H])c6oc7c([2H])c8c([2H])c([2H])c([2H])c([2H])c8c([2H])c7c6c5[2H])c5c([2H])c([2H])c([2H])c([2H])c45)c([2H])c([2H])c23)c([2H])c1[2H]. The fraction of sp³-hybridized carbons (Fsp3) is 0. The average Bonchev–Trinajstić information content (AvgIpc) is 2.48. The minimum Gasteiger partial charge on any atom is -0.456 e. The first-order valence-corrected chi connectivity index (χ1v) is 15.2. The first-order chi connectivity index (χ1) is 37.8. The Morgan fingerprint density at radius 2 is 0.765 bits per heavy atom. The second kappa shape index (κ2) is 10.9. The largest absolute Gasteiger partial charge is 0.456 e. The fourth-order valence-electron chi connectivity index (χ4n) is 6.23. The normalized spacial score (nSPS) is 20.2. The quantitative estimate of drug-likeness (QED) is 0.134. The third-order valence-electron chi connectivity index (χ3n) is 8.45. The summed E-state index contributed by atoms with van der Waals surface area (Å²) in [6, 6.07) is -27.5. The van der Waals surface area contributed by atoms with E-state index in [0.717, 1.165) is 0 Å². The van der Waals surface area contributed by atoms with Crippen molar-refractivity contribution >= 4 is 75.8 Å². The lowest BCUT2D eigenvalue weighted by atomic mass is 9.85. The smallest absolute Gasteiger partial charge is 0.136 e. The zero-order chi connectivity index (χ0) is 59.6. The van der Waals surface area contributed by atoms with Gasteiger partial charge in [-0.05, 0) is 123 Å². The van der Waals surface area contributed by atoms with Gasteiger partial charge in [0.25, 0.3) is 0 Å². The molecule has 0 fully saturated rings. The molecule has 51 heavy (non-hydrogen) atoms. The highest BCUT2D eigenvalue weighted by atomic mass is 16.3. The third kappa shape index (κ3) is 4.35. The van der Waals surface area contributed by atoms with Crippen LogP contribution in [0.3, 0.4) is 0 Å². The van der Waals surface area contributed by atoms with E-state index in [1.54, 1.807) is 0 Å². The topological polar surface area (TPSA) is 13.1 Å². The van der Waals surface area contributed by atoms with Crippen molar-refractivity contribution in [3.8, 4) is 33.4 Å². The van der Waals surface area contributed by atoms with Crippen LogP contribution >= 0.6 is 0 Å². The van der Waals surface area contributed by atoms with E-state index >= 15 is 0 Å². The Hall–Kier alpha value is -6.70. The zero-order valence-corrected chi connectivity index (χ0v) is 25.4. The highest BCUT2D eigenvalue weighted by Gasteiger charge is 2.18. The fourth-order valence-corrected chi connectivity index (χ4v) is 6.23. The average molecular weight is 677 g/mol. The number of rotatable bonds is 3. The molecule has 0 bridgehead atoms. The summed E-state index contributed by atoms with van der Waals surface area (Å²) < 4.78 is 278. The third-order valence-corrected chi connectivity index (χ3v) is 8.45. The Morgan fingerprint density at radius 1 is 0.275 bits per heavy atom. The van der Waals surface area contributed by atoms with Crippen LogP contribution in [0.2, 0.25) is 0 Å². The van der Waals surface area contributed by atoms with Gasteiger partial charge in [0.15, 0.2) is 0 Å². The van der Waals surface area contributed by atoms with Gasteiger partial charge in [-0.3, -0.25) is 0 Å². The Balaban J connectivity index is 1.36. The molecule has 0 saturated heterocycles. The van der Waals surface area contributed by atoms with E-state index < -0.39 is 290 Å². The van der Waals surface area contributed by atoms with Crippen LogP contribution in [0.4, 0.5) is 0 Å². The summed E-state index contributed by atoms with van der Waals surface area (Å²) >= 11 is 0. The molecule has 1 nitrogen and oxygen atoms in total. The lowest BCUT2D eigenvalue weighted by Crippen LogP contribution is -1.91. The van der Waals surface area contributed by atoms with Crippen molar-refractivity contribution in [2.24, 2.45) is 0 Å². The molecule has 0 atom stereocenters. The maximum Gasteiger partial charge on any atom is 0.136 e. The Kier molecular flexibility index (Phi) is 2.50. The van der Waals surface area contributed by atoms with E-state index in [9.17, 15) is 20.6 Å². The standard InChI is InChI=1S/C50H30O/c1-2-10-31(11-3-1)34-20-23-39-35(26-34)18-19-36-27-37(21-24-40(36)39)49-41-14-6-8-16-43(41)50(44-17-9-7-15-42(44)49)38-22-25-47-45(29-38)46-28-32-12-4-5-13-33(32)30-48(46)51-47/h1-30H/i1D,2D,3D,4D,5D,6D,7D,8D,9D,10D,11D,12D,13D,14D,15D,16D,17D,18D,19D,20D,21D,22D,23D,24D,25D,26D,27D,28D,29D,30D. The molecular formula is C50H30O. The van der Waals surface area contributed by atoms with Crippen molar-refractivity contribution < 1.29 is 45.5 Å². The Labute approximate surface area is 336 Å². The minimum absolute atomic E-state index is 0.457. The number of benzene rings is 10. The maximum atomic E-state index is 9.88. The van der Waals surface area contributed by atoms with E-state index in [1.807, 2.05) is 0 Å². The Morgan fingerprint density at radius 3 is 1.41 bits per heavy atom. The van der Waals surface area contributed by atoms with Gasteiger partial charge < -0.3 is 4.42 Å². The van der Waals surface area contributed by atoms with Crippen LogP contribution in [0.1, 0.15) is 41.1 Å². The molecule has 11 aromatic rings. The highest BCUT2D eigenvalue weighted by molar-refractivity contribution is 6.23. The van der Waals surface area contributed by atoms with Crippen LogP contribution in [-0.2, 0) is 0 Å². The predicted molar refractivity (Wildman–Crippen MR) is 218 cm³/mol. The molecule has 0 aliphatic carbocycles. The summed E-state index contributed by atoms with van der Waals surface area (Å²) in [5, 5.41) is -7.69. The highest BCUT2D eigenvalue weighted by Crippen LogP contribution is 2.45. The van der Waals surface area contributed by atoms with Crippen molar-refractivity contribution in [1.29, 1.82) is 0 Å². The molecule has 0 radical (unpaired) electrons. The predicted octanol–water partition coefficient (Wildman–Crippen LogP) is 14.4. The van der Waals surface area contributed by atoms with Gasteiger partial charge in [0.2, 0.25) is 0 Å². The lowest BCUT2D eigenvalue weighted by molar-refractivity contribution is 0.669. The molecule has 0 spiro atoms. The van der Waals surface area contributed by atoms with Crippen molar-refractivity contribution in [3.63, 3.8) is 0 Å². The van der Waals surface area contributed by atoms with Gasteiger partial charge >= 0.3 is 0 Å². The molecule has 1 heterocycles. The summed E-state index contributed by atoms with van der Waals surface area (Å²) in [5.41, 5.74) is -5.73. The van der Waals surface area contributed by atoms with Crippen LogP contribution in [0.25, 0.3) is 109 Å². The van der Waals surface area contributed by atoms with Crippen molar-refractivity contribution in [2.45, 2.75) is 0 Å². The molecule has 11 rings (SSSR count). The van der Waals surface area contributed by atoms with E-state index in [1.165, 1.54) is 0 Å². The van der Waals surface area contributed by atoms with E-state index in [4.69, 9.17) is 25.0 Å². The minimum atomic E-state index is -1.07. The summed E-state index contributed by atoms with van der Waals surface area (Å²) in [5.74, 6) is 0. The lowest BCUT2D eigenvalue weighted by Gasteiger charge is -2.18. The molecule has 1 aromatic heterocycles. The molecule has 1 heteroatoms. The van der Waals surface area contributed by atoms with Crippen LogP contribution in [-0.4, -0.2) is 0 Å². The molecule has 0 aliphatic heterocycles.